The maximum Gasteiger partial charge on any atom is 0.270 e. The molecule has 0 aliphatic carbocycles. The molecule has 0 aliphatic heterocycles. The summed E-state index contributed by atoms with van der Waals surface area (Å²) >= 11 is 5.08. The second-order valence-corrected chi connectivity index (χ2v) is 6.87. The van der Waals surface area contributed by atoms with Gasteiger partial charge in [0, 0.05) is 29.4 Å². The van der Waals surface area contributed by atoms with E-state index >= 15 is 0 Å². The molecule has 2 aromatic carbocycles. The summed E-state index contributed by atoms with van der Waals surface area (Å²) in [7, 11) is 0. The molecule has 0 aliphatic rings. The number of aromatic nitrogens is 2. The smallest absolute Gasteiger partial charge is 0.270 e. The molecule has 2 heterocycles. The fourth-order valence-electron chi connectivity index (χ4n) is 2.96. The number of carbonyl (C=O) groups is 1. The van der Waals surface area contributed by atoms with Crippen LogP contribution in [0.3, 0.4) is 0 Å². The molecule has 0 bridgehead atoms. The summed E-state index contributed by atoms with van der Waals surface area (Å²) in [5, 5.41) is 3.16. The van der Waals surface area contributed by atoms with Gasteiger partial charge in [-0.3, -0.25) is 20.6 Å². The number of para-hydroxylation sites is 1. The van der Waals surface area contributed by atoms with Gasteiger partial charge in [-0.05, 0) is 48.6 Å². The summed E-state index contributed by atoms with van der Waals surface area (Å²) in [6.07, 6.45) is 3.29. The quantitative estimate of drug-likeness (QED) is 0.331. The minimum Gasteiger partial charge on any atom is -0.329 e. The number of nitrogens with one attached hydrogen (secondary N) is 3. The van der Waals surface area contributed by atoms with Crippen molar-refractivity contribution in [3.05, 3.63) is 90.3 Å². The van der Waals surface area contributed by atoms with Crippen LogP contribution in [-0.2, 0) is 0 Å². The lowest BCUT2D eigenvalue weighted by Crippen LogP contribution is -2.44. The molecule has 0 saturated heterocycles. The van der Waals surface area contributed by atoms with Crippen molar-refractivity contribution in [1.29, 1.82) is 0 Å². The van der Waals surface area contributed by atoms with Gasteiger partial charge in [-0.25, -0.2) is 13.8 Å². The molecule has 9 heteroatoms. The van der Waals surface area contributed by atoms with Crippen LogP contribution in [0.4, 0.5) is 14.5 Å². The van der Waals surface area contributed by atoms with E-state index in [4.69, 9.17) is 12.2 Å². The number of benzene rings is 2. The number of halogens is 2. The van der Waals surface area contributed by atoms with Crippen LogP contribution in [0.1, 0.15) is 10.4 Å². The Hall–Kier alpha value is -3.98. The van der Waals surface area contributed by atoms with Gasteiger partial charge >= 0.3 is 0 Å². The van der Waals surface area contributed by atoms with Crippen LogP contribution >= 0.6 is 12.2 Å². The van der Waals surface area contributed by atoms with Crippen molar-refractivity contribution in [3.8, 4) is 11.3 Å². The Balaban J connectivity index is 1.55. The van der Waals surface area contributed by atoms with Gasteiger partial charge in [-0.15, -0.1) is 0 Å². The topological polar surface area (TPSA) is 78.9 Å². The van der Waals surface area contributed by atoms with Crippen LogP contribution < -0.4 is 16.2 Å². The Morgan fingerprint density at radius 2 is 1.71 bits per heavy atom. The summed E-state index contributed by atoms with van der Waals surface area (Å²) in [5.74, 6) is -1.97. The molecule has 3 N–H and O–H groups in total. The molecular formula is C22H15F2N5OS. The highest BCUT2D eigenvalue weighted by Crippen LogP contribution is 2.24. The highest BCUT2D eigenvalue weighted by Gasteiger charge is 2.14. The average Bonchev–Trinajstić information content (AvgIpc) is 2.79. The van der Waals surface area contributed by atoms with Gasteiger partial charge < -0.3 is 5.32 Å². The minimum absolute atomic E-state index is 0.0255. The van der Waals surface area contributed by atoms with E-state index in [1.54, 1.807) is 36.7 Å². The molecule has 0 spiro atoms. The van der Waals surface area contributed by atoms with Gasteiger partial charge in [-0.1, -0.05) is 18.2 Å². The van der Waals surface area contributed by atoms with Crippen LogP contribution in [0.2, 0.25) is 0 Å². The van der Waals surface area contributed by atoms with Gasteiger partial charge in [0.25, 0.3) is 5.91 Å². The van der Waals surface area contributed by atoms with Crippen molar-refractivity contribution < 1.29 is 13.6 Å². The molecule has 2 aromatic heterocycles. The van der Waals surface area contributed by atoms with Gasteiger partial charge in [0.1, 0.15) is 11.6 Å². The Morgan fingerprint density at radius 3 is 2.48 bits per heavy atom. The number of hydrogen-bond acceptors (Lipinski definition) is 4. The fourth-order valence-corrected chi connectivity index (χ4v) is 3.12. The molecule has 4 aromatic rings. The Kier molecular flexibility index (Phi) is 5.76. The number of carbonyl (C=O) groups excluding carboxylic acids is 1. The Morgan fingerprint density at radius 1 is 0.935 bits per heavy atom. The first-order chi connectivity index (χ1) is 15.0. The number of fused-ring (bicyclic) bond motifs is 1. The summed E-state index contributed by atoms with van der Waals surface area (Å²) in [6.45, 7) is 0. The number of amides is 1. The molecule has 1 amide bonds. The predicted octanol–water partition coefficient (Wildman–Crippen LogP) is 4.21. The molecule has 0 atom stereocenters. The Bertz CT molecular complexity index is 1280. The zero-order valence-corrected chi connectivity index (χ0v) is 16.7. The number of hydrogen-bond donors (Lipinski definition) is 3. The molecular weight excluding hydrogens is 420 g/mol. The van der Waals surface area contributed by atoms with E-state index in [0.717, 1.165) is 17.7 Å². The van der Waals surface area contributed by atoms with Crippen molar-refractivity contribution in [2.45, 2.75) is 0 Å². The number of anilines is 1. The van der Waals surface area contributed by atoms with Crippen molar-refractivity contribution in [3.63, 3.8) is 0 Å². The largest absolute Gasteiger partial charge is 0.329 e. The molecule has 0 radical (unpaired) electrons. The zero-order valence-electron chi connectivity index (χ0n) is 15.9. The van der Waals surface area contributed by atoms with Crippen LogP contribution in [0, 0.1) is 11.6 Å². The predicted molar refractivity (Wildman–Crippen MR) is 118 cm³/mol. The maximum atomic E-state index is 13.8. The molecule has 4 rings (SSSR count). The second kappa shape index (κ2) is 8.80. The van der Waals surface area contributed by atoms with E-state index in [9.17, 15) is 13.6 Å². The Labute approximate surface area is 181 Å². The number of thiocarbonyl (C=S) groups is 1. The summed E-state index contributed by atoms with van der Waals surface area (Å²) < 4.78 is 26.8. The molecule has 6 nitrogen and oxygen atoms in total. The molecule has 154 valence electrons. The number of nitrogens with zero attached hydrogens (tertiary/aromatic N) is 2. The van der Waals surface area contributed by atoms with Crippen molar-refractivity contribution in [2.24, 2.45) is 0 Å². The monoisotopic (exact) mass is 435 g/mol. The van der Waals surface area contributed by atoms with E-state index in [-0.39, 0.29) is 10.8 Å². The number of pyridine rings is 2. The second-order valence-electron chi connectivity index (χ2n) is 6.47. The molecule has 0 unspecified atom stereocenters. The van der Waals surface area contributed by atoms with E-state index in [1.165, 1.54) is 6.07 Å². The summed E-state index contributed by atoms with van der Waals surface area (Å²) in [4.78, 5) is 21.5. The van der Waals surface area contributed by atoms with E-state index < -0.39 is 17.5 Å². The van der Waals surface area contributed by atoms with Gasteiger partial charge in [0.15, 0.2) is 5.11 Å². The van der Waals surface area contributed by atoms with Crippen LogP contribution in [0.25, 0.3) is 22.2 Å². The van der Waals surface area contributed by atoms with Crippen LogP contribution in [-0.4, -0.2) is 21.0 Å². The summed E-state index contributed by atoms with van der Waals surface area (Å²) in [6, 6.07) is 15.5. The van der Waals surface area contributed by atoms with E-state index in [2.05, 4.69) is 26.1 Å². The third kappa shape index (κ3) is 4.62. The van der Waals surface area contributed by atoms with Gasteiger partial charge in [0.2, 0.25) is 0 Å². The van der Waals surface area contributed by atoms with Crippen molar-refractivity contribution in [1.82, 2.24) is 20.8 Å². The first kappa shape index (κ1) is 20.3. The van der Waals surface area contributed by atoms with E-state index in [1.807, 2.05) is 18.2 Å². The fraction of sp³-hybridized carbons (Fsp3) is 0. The third-order valence-corrected chi connectivity index (χ3v) is 4.61. The van der Waals surface area contributed by atoms with Gasteiger partial charge in [0.05, 0.1) is 22.5 Å². The molecule has 0 fully saturated rings. The van der Waals surface area contributed by atoms with E-state index in [0.29, 0.717) is 22.2 Å². The average molecular weight is 435 g/mol. The SMILES string of the molecule is O=C(NNC(=S)Nc1ccc(F)cc1F)c1cc(-c2ccncc2)nc2ccccc12. The summed E-state index contributed by atoms with van der Waals surface area (Å²) in [5.41, 5.74) is 7.44. The lowest BCUT2D eigenvalue weighted by atomic mass is 10.0. The first-order valence-electron chi connectivity index (χ1n) is 9.14. The normalized spacial score (nSPS) is 10.5. The maximum absolute atomic E-state index is 13.8. The lowest BCUT2D eigenvalue weighted by Gasteiger charge is -2.14. The number of hydrazine groups is 1. The third-order valence-electron chi connectivity index (χ3n) is 4.41. The standard InChI is InChI=1S/C22H15F2N5OS/c23-14-5-6-19(17(24)11-14)27-22(31)29-28-21(30)16-12-20(13-7-9-25-10-8-13)26-18-4-2-1-3-15(16)18/h1-12H,(H,28,30)(H2,27,29,31). The van der Waals surface area contributed by atoms with Crippen molar-refractivity contribution >= 4 is 39.8 Å². The molecule has 31 heavy (non-hydrogen) atoms. The zero-order chi connectivity index (χ0) is 21.8. The first-order valence-corrected chi connectivity index (χ1v) is 9.54. The minimum atomic E-state index is -0.808. The number of rotatable bonds is 3. The highest BCUT2D eigenvalue weighted by molar-refractivity contribution is 7.80. The van der Waals surface area contributed by atoms with Crippen LogP contribution in [0.15, 0.2) is 73.1 Å². The van der Waals surface area contributed by atoms with Crippen LogP contribution in [0.5, 0.6) is 0 Å². The van der Waals surface area contributed by atoms with Gasteiger partial charge in [-0.2, -0.15) is 0 Å². The van der Waals surface area contributed by atoms with Crippen molar-refractivity contribution in [2.75, 3.05) is 5.32 Å². The highest BCUT2D eigenvalue weighted by atomic mass is 32.1. The lowest BCUT2D eigenvalue weighted by molar-refractivity contribution is 0.0946. The molecule has 0 saturated carbocycles.